The predicted molar refractivity (Wildman–Crippen MR) is 126 cm³/mol. The van der Waals surface area contributed by atoms with Crippen molar-refractivity contribution in [2.75, 3.05) is 13.1 Å². The van der Waals surface area contributed by atoms with Crippen LogP contribution in [-0.2, 0) is 4.74 Å². The number of aromatic nitrogens is 2. The average Bonchev–Trinajstić information content (AvgIpc) is 3.14. The Kier molecular flexibility index (Phi) is 5.12. The summed E-state index contributed by atoms with van der Waals surface area (Å²) in [6.07, 6.45) is 4.24. The Hall–Kier alpha value is -2.67. The molecule has 32 heavy (non-hydrogen) atoms. The molecule has 7 heteroatoms. The van der Waals surface area contributed by atoms with Crippen LogP contribution in [0, 0.1) is 5.41 Å². The summed E-state index contributed by atoms with van der Waals surface area (Å²) in [4.78, 5) is 15.6. The summed E-state index contributed by atoms with van der Waals surface area (Å²) >= 11 is 1.79. The number of hydrogen-bond acceptors (Lipinski definition) is 6. The average molecular weight is 452 g/mol. The molecule has 2 aliphatic rings. The van der Waals surface area contributed by atoms with E-state index in [0.717, 1.165) is 36.1 Å². The summed E-state index contributed by atoms with van der Waals surface area (Å²) in [7, 11) is 0. The van der Waals surface area contributed by atoms with E-state index in [0.29, 0.717) is 22.6 Å². The lowest BCUT2D eigenvalue weighted by molar-refractivity contribution is -0.0117. The zero-order chi connectivity index (χ0) is 22.5. The fourth-order valence-corrected chi connectivity index (χ4v) is 6.10. The number of carbonyl (C=O) groups excluding carboxylic acids is 1. The second-order valence-electron chi connectivity index (χ2n) is 10.2. The van der Waals surface area contributed by atoms with Crippen LogP contribution in [0.15, 0.2) is 36.4 Å². The number of carbonyl (C=O) groups is 1. The highest BCUT2D eigenvalue weighted by Crippen LogP contribution is 2.58. The van der Waals surface area contributed by atoms with Crippen molar-refractivity contribution >= 4 is 27.6 Å². The number of nitrogens with zero attached hydrogens (tertiary/aromatic N) is 3. The highest BCUT2D eigenvalue weighted by Gasteiger charge is 2.47. The lowest BCUT2D eigenvalue weighted by Gasteiger charge is -2.52. The van der Waals surface area contributed by atoms with E-state index in [1.807, 2.05) is 43.9 Å². The summed E-state index contributed by atoms with van der Waals surface area (Å²) < 4.78 is 6.64. The maximum absolute atomic E-state index is 12.3. The number of ether oxygens (including phenoxy) is 1. The van der Waals surface area contributed by atoms with Crippen LogP contribution in [0.4, 0.5) is 4.79 Å². The number of aromatic hydroxyl groups is 1. The van der Waals surface area contributed by atoms with Crippen LogP contribution in [0.1, 0.15) is 57.2 Å². The van der Waals surface area contributed by atoms with Crippen LogP contribution in [-0.4, -0.2) is 45.0 Å². The highest BCUT2D eigenvalue weighted by atomic mass is 32.1. The van der Waals surface area contributed by atoms with Crippen LogP contribution >= 0.6 is 11.3 Å². The number of fused-ring (bicyclic) bond motifs is 1. The first-order valence-corrected chi connectivity index (χ1v) is 12.1. The van der Waals surface area contributed by atoms with Gasteiger partial charge in [-0.15, -0.1) is 21.5 Å². The van der Waals surface area contributed by atoms with Gasteiger partial charge in [0.15, 0.2) is 0 Å². The van der Waals surface area contributed by atoms with E-state index in [1.165, 1.54) is 17.7 Å². The van der Waals surface area contributed by atoms with Gasteiger partial charge in [0.05, 0.1) is 10.4 Å². The van der Waals surface area contributed by atoms with Gasteiger partial charge in [-0.1, -0.05) is 12.1 Å². The summed E-state index contributed by atoms with van der Waals surface area (Å²) in [5.41, 5.74) is 2.23. The number of thiophene rings is 1. The molecule has 1 N–H and O–H groups in total. The van der Waals surface area contributed by atoms with Gasteiger partial charge in [-0.2, -0.15) is 0 Å². The Morgan fingerprint density at radius 1 is 1.16 bits per heavy atom. The number of piperidine rings is 1. The normalized spacial score (nSPS) is 18.7. The maximum atomic E-state index is 12.3. The van der Waals surface area contributed by atoms with Crippen molar-refractivity contribution < 1.29 is 14.6 Å². The Balaban J connectivity index is 1.24. The third-order valence-electron chi connectivity index (χ3n) is 6.71. The first-order valence-electron chi connectivity index (χ1n) is 11.2. The second kappa shape index (κ2) is 7.73. The molecule has 1 aliphatic heterocycles. The minimum atomic E-state index is -0.447. The topological polar surface area (TPSA) is 75.5 Å². The van der Waals surface area contributed by atoms with Crippen molar-refractivity contribution in [2.24, 2.45) is 5.41 Å². The van der Waals surface area contributed by atoms with Crippen molar-refractivity contribution in [1.29, 1.82) is 0 Å². The number of rotatable bonds is 2. The van der Waals surface area contributed by atoms with Crippen molar-refractivity contribution in [3.8, 4) is 17.0 Å². The third-order valence-corrected chi connectivity index (χ3v) is 7.94. The van der Waals surface area contributed by atoms with E-state index in [1.54, 1.807) is 23.5 Å². The van der Waals surface area contributed by atoms with Gasteiger partial charge in [0, 0.05) is 23.5 Å². The molecular formula is C25H29N3O3S. The number of para-hydroxylation sites is 1. The molecule has 5 rings (SSSR count). The Bertz CT molecular complexity index is 1150. The number of amides is 1. The molecule has 6 nitrogen and oxygen atoms in total. The molecule has 168 valence electrons. The van der Waals surface area contributed by atoms with Crippen molar-refractivity contribution in [3.05, 3.63) is 41.3 Å². The maximum Gasteiger partial charge on any atom is 0.410 e. The first-order chi connectivity index (χ1) is 15.2. The van der Waals surface area contributed by atoms with Crippen LogP contribution < -0.4 is 0 Å². The molecule has 1 aromatic carbocycles. The molecule has 1 saturated carbocycles. The molecule has 0 atom stereocenters. The van der Waals surface area contributed by atoms with Crippen molar-refractivity contribution in [3.63, 3.8) is 0 Å². The second-order valence-corrected chi connectivity index (χ2v) is 11.3. The van der Waals surface area contributed by atoms with Crippen molar-refractivity contribution in [2.45, 2.75) is 58.0 Å². The zero-order valence-electron chi connectivity index (χ0n) is 18.8. The van der Waals surface area contributed by atoms with Crippen LogP contribution in [0.5, 0.6) is 5.75 Å². The number of hydrogen-bond donors (Lipinski definition) is 1. The van der Waals surface area contributed by atoms with Crippen LogP contribution in [0.25, 0.3) is 21.5 Å². The van der Waals surface area contributed by atoms with Gasteiger partial charge in [0.2, 0.25) is 0 Å². The molecule has 1 aliphatic carbocycles. The van der Waals surface area contributed by atoms with E-state index >= 15 is 0 Å². The first kappa shape index (κ1) is 21.2. The van der Waals surface area contributed by atoms with Gasteiger partial charge in [0.25, 0.3) is 0 Å². The summed E-state index contributed by atoms with van der Waals surface area (Å²) in [6, 6.07) is 11.4. The molecule has 3 aromatic rings. The number of phenols is 1. The molecule has 2 aromatic heterocycles. The molecule has 3 heterocycles. The predicted octanol–water partition coefficient (Wildman–Crippen LogP) is 5.96. The van der Waals surface area contributed by atoms with Gasteiger partial charge in [0.1, 0.15) is 16.9 Å². The lowest BCUT2D eigenvalue weighted by atomic mass is 9.57. The minimum Gasteiger partial charge on any atom is -0.507 e. The smallest absolute Gasteiger partial charge is 0.410 e. The fourth-order valence-electron chi connectivity index (χ4n) is 4.97. The van der Waals surface area contributed by atoms with Gasteiger partial charge in [-0.3, -0.25) is 0 Å². The van der Waals surface area contributed by atoms with Gasteiger partial charge in [-0.25, -0.2) is 4.79 Å². The molecule has 1 amide bonds. The summed E-state index contributed by atoms with van der Waals surface area (Å²) in [5, 5.41) is 18.9. The number of benzene rings is 1. The van der Waals surface area contributed by atoms with Gasteiger partial charge >= 0.3 is 6.09 Å². The van der Waals surface area contributed by atoms with E-state index in [9.17, 15) is 9.90 Å². The Morgan fingerprint density at radius 2 is 1.88 bits per heavy atom. The molecule has 2 fully saturated rings. The Labute approximate surface area is 192 Å². The van der Waals surface area contributed by atoms with Crippen LogP contribution in [0.3, 0.4) is 0 Å². The summed E-state index contributed by atoms with van der Waals surface area (Å²) in [5.74, 6) is 0.771. The van der Waals surface area contributed by atoms with Gasteiger partial charge in [-0.05, 0) is 82.1 Å². The molecular weight excluding hydrogens is 422 g/mol. The molecule has 0 unspecified atom stereocenters. The van der Waals surface area contributed by atoms with E-state index in [2.05, 4.69) is 16.3 Å². The van der Waals surface area contributed by atoms with Gasteiger partial charge < -0.3 is 14.7 Å². The fraction of sp³-hybridized carbons (Fsp3) is 0.480. The molecule has 0 radical (unpaired) electrons. The number of likely N-dealkylation sites (tertiary alicyclic amines) is 1. The summed E-state index contributed by atoms with van der Waals surface area (Å²) in [6.45, 7) is 7.29. The minimum absolute atomic E-state index is 0.188. The Morgan fingerprint density at radius 3 is 2.56 bits per heavy atom. The van der Waals surface area contributed by atoms with E-state index < -0.39 is 5.60 Å². The molecule has 1 spiro atoms. The molecule has 0 bridgehead atoms. The zero-order valence-corrected chi connectivity index (χ0v) is 19.6. The SMILES string of the molecule is CC(C)(C)OC(=O)N1CCC2(CC1)CC(c1cc3nnc(-c4ccccc4O)cc3s1)C2. The lowest BCUT2D eigenvalue weighted by Crippen LogP contribution is -2.49. The van der Waals surface area contributed by atoms with Crippen LogP contribution in [0.2, 0.25) is 0 Å². The van der Waals surface area contributed by atoms with E-state index in [4.69, 9.17) is 4.74 Å². The quantitative estimate of drug-likeness (QED) is 0.520. The highest BCUT2D eigenvalue weighted by molar-refractivity contribution is 7.19. The van der Waals surface area contributed by atoms with Crippen molar-refractivity contribution in [1.82, 2.24) is 15.1 Å². The van der Waals surface area contributed by atoms with E-state index in [-0.39, 0.29) is 11.8 Å². The monoisotopic (exact) mass is 451 g/mol. The molecule has 1 saturated heterocycles. The number of phenolic OH excluding ortho intramolecular Hbond substituents is 1. The standard InChI is InChI=1S/C25H29N3O3S/c1-24(2,3)31-23(30)28-10-8-25(9-11-28)14-16(15-25)21-13-19-22(32-21)12-18(26-27-19)17-6-4-5-7-20(17)29/h4-7,12-13,16,29H,8-11,14-15H2,1-3H3. The largest absolute Gasteiger partial charge is 0.507 e. The third kappa shape index (κ3) is 4.06.